The Bertz CT molecular complexity index is 443. The predicted molar refractivity (Wildman–Crippen MR) is 72.0 cm³/mol. The smallest absolute Gasteiger partial charge is 0.124 e. The highest BCUT2D eigenvalue weighted by molar-refractivity contribution is 9.10. The first-order valence-corrected chi connectivity index (χ1v) is 7.25. The molecule has 1 N–H and O–H groups in total. The van der Waals surface area contributed by atoms with Gasteiger partial charge in [0.15, 0.2) is 0 Å². The number of rotatable bonds is 3. The van der Waals surface area contributed by atoms with Gasteiger partial charge in [-0.2, -0.15) is 0 Å². The molecule has 1 aliphatic heterocycles. The number of halogens is 2. The van der Waals surface area contributed by atoms with E-state index in [1.807, 2.05) is 6.07 Å². The molecule has 0 aromatic heterocycles. The van der Waals surface area contributed by atoms with Crippen LogP contribution >= 0.6 is 15.9 Å². The van der Waals surface area contributed by atoms with Gasteiger partial charge in [0, 0.05) is 30.0 Å². The molecular weight excluding hydrogens is 297 g/mol. The average Bonchev–Trinajstić information content (AvgIpc) is 3.02. The second-order valence-corrected chi connectivity index (χ2v) is 6.55. The Hall–Kier alpha value is -0.450. The molecule has 0 spiro atoms. The van der Waals surface area contributed by atoms with Gasteiger partial charge in [0.1, 0.15) is 5.82 Å². The van der Waals surface area contributed by atoms with Crippen LogP contribution in [-0.2, 0) is 6.42 Å². The van der Waals surface area contributed by atoms with E-state index in [4.69, 9.17) is 0 Å². The minimum Gasteiger partial charge on any atom is -0.388 e. The van der Waals surface area contributed by atoms with Crippen molar-refractivity contribution in [3.05, 3.63) is 34.1 Å². The summed E-state index contributed by atoms with van der Waals surface area (Å²) < 4.78 is 14.1. The largest absolute Gasteiger partial charge is 0.388 e. The lowest BCUT2D eigenvalue weighted by atomic mass is 9.94. The van der Waals surface area contributed by atoms with Crippen molar-refractivity contribution in [2.24, 2.45) is 0 Å². The monoisotopic (exact) mass is 313 g/mol. The van der Waals surface area contributed by atoms with Gasteiger partial charge in [-0.3, -0.25) is 4.90 Å². The van der Waals surface area contributed by atoms with E-state index in [0.717, 1.165) is 29.5 Å². The molecule has 3 rings (SSSR count). The van der Waals surface area contributed by atoms with E-state index in [1.54, 1.807) is 0 Å². The van der Waals surface area contributed by atoms with E-state index in [2.05, 4.69) is 20.8 Å². The lowest BCUT2D eigenvalue weighted by Gasteiger charge is -2.23. The third kappa shape index (κ3) is 2.76. The zero-order valence-electron chi connectivity index (χ0n) is 10.2. The van der Waals surface area contributed by atoms with Gasteiger partial charge in [0.25, 0.3) is 0 Å². The van der Waals surface area contributed by atoms with Crippen molar-refractivity contribution < 1.29 is 9.50 Å². The fourth-order valence-corrected chi connectivity index (χ4v) is 3.39. The van der Waals surface area contributed by atoms with E-state index in [0.29, 0.717) is 12.5 Å². The zero-order valence-corrected chi connectivity index (χ0v) is 11.8. The molecule has 1 saturated carbocycles. The lowest BCUT2D eigenvalue weighted by Crippen LogP contribution is -2.36. The molecule has 18 heavy (non-hydrogen) atoms. The third-order valence-corrected chi connectivity index (χ3v) is 4.34. The first-order valence-electron chi connectivity index (χ1n) is 6.45. The van der Waals surface area contributed by atoms with Crippen LogP contribution in [-0.4, -0.2) is 34.7 Å². The second kappa shape index (κ2) is 4.58. The van der Waals surface area contributed by atoms with E-state index in [1.165, 1.54) is 25.0 Å². The van der Waals surface area contributed by atoms with Crippen LogP contribution < -0.4 is 0 Å². The molecule has 1 saturated heterocycles. The third-order valence-electron chi connectivity index (χ3n) is 3.88. The average molecular weight is 314 g/mol. The van der Waals surface area contributed by atoms with Crippen LogP contribution in [0.15, 0.2) is 22.7 Å². The van der Waals surface area contributed by atoms with Gasteiger partial charge < -0.3 is 5.11 Å². The Kier molecular flexibility index (Phi) is 3.20. The van der Waals surface area contributed by atoms with Crippen LogP contribution in [0.5, 0.6) is 0 Å². The minimum absolute atomic E-state index is 0.250. The molecule has 98 valence electrons. The van der Waals surface area contributed by atoms with E-state index < -0.39 is 5.60 Å². The lowest BCUT2D eigenvalue weighted by molar-refractivity contribution is 0.0486. The molecule has 1 unspecified atom stereocenters. The SMILES string of the molecule is OC1(Cc2cc(F)cc(Br)c2)CCN(C2CC2)C1. The molecule has 0 amide bonds. The second-order valence-electron chi connectivity index (χ2n) is 5.63. The molecular formula is C14H17BrFNO. The van der Waals surface area contributed by atoms with Gasteiger partial charge in [-0.15, -0.1) is 0 Å². The molecule has 4 heteroatoms. The summed E-state index contributed by atoms with van der Waals surface area (Å²) in [7, 11) is 0. The fraction of sp³-hybridized carbons (Fsp3) is 0.571. The molecule has 1 heterocycles. The van der Waals surface area contributed by atoms with E-state index in [-0.39, 0.29) is 5.82 Å². The maximum absolute atomic E-state index is 13.3. The van der Waals surface area contributed by atoms with Crippen molar-refractivity contribution >= 4 is 15.9 Å². The Morgan fingerprint density at radius 3 is 2.83 bits per heavy atom. The normalized spacial score (nSPS) is 28.8. The molecule has 0 bridgehead atoms. The molecule has 2 nitrogen and oxygen atoms in total. The summed E-state index contributed by atoms with van der Waals surface area (Å²) in [4.78, 5) is 2.37. The van der Waals surface area contributed by atoms with Crippen molar-refractivity contribution in [2.75, 3.05) is 13.1 Å². The number of β-amino-alcohol motifs (C(OH)–C–C–N with tert-alkyl or cyclic N) is 1. The van der Waals surface area contributed by atoms with Crippen molar-refractivity contribution in [2.45, 2.75) is 37.3 Å². The summed E-state index contributed by atoms with van der Waals surface area (Å²) in [6, 6.07) is 5.54. The number of aliphatic hydroxyl groups is 1. The number of nitrogens with zero attached hydrogens (tertiary/aromatic N) is 1. The zero-order chi connectivity index (χ0) is 12.8. The van der Waals surface area contributed by atoms with E-state index in [9.17, 15) is 9.50 Å². The predicted octanol–water partition coefficient (Wildman–Crippen LogP) is 2.73. The molecule has 1 aliphatic carbocycles. The summed E-state index contributed by atoms with van der Waals surface area (Å²) in [5.41, 5.74) is 0.178. The Balaban J connectivity index is 1.71. The van der Waals surface area contributed by atoms with Gasteiger partial charge in [0.05, 0.1) is 5.60 Å². The van der Waals surface area contributed by atoms with E-state index >= 15 is 0 Å². The first kappa shape index (κ1) is 12.6. The Labute approximate surface area is 115 Å². The summed E-state index contributed by atoms with van der Waals surface area (Å²) in [5.74, 6) is -0.250. The highest BCUT2D eigenvalue weighted by Crippen LogP contribution is 2.35. The molecule has 1 aromatic carbocycles. The van der Waals surface area contributed by atoms with Gasteiger partial charge in [0.2, 0.25) is 0 Å². The van der Waals surface area contributed by atoms with Crippen LogP contribution in [0.3, 0.4) is 0 Å². The topological polar surface area (TPSA) is 23.5 Å². The minimum atomic E-state index is -0.685. The Morgan fingerprint density at radius 1 is 1.39 bits per heavy atom. The van der Waals surface area contributed by atoms with Crippen molar-refractivity contribution in [1.29, 1.82) is 0 Å². The van der Waals surface area contributed by atoms with Gasteiger partial charge >= 0.3 is 0 Å². The summed E-state index contributed by atoms with van der Waals surface area (Å²) in [6.07, 6.45) is 3.85. The summed E-state index contributed by atoms with van der Waals surface area (Å²) >= 11 is 3.29. The number of hydrogen-bond donors (Lipinski definition) is 1. The van der Waals surface area contributed by atoms with Crippen molar-refractivity contribution in [1.82, 2.24) is 4.90 Å². The van der Waals surface area contributed by atoms with Crippen LogP contribution in [0, 0.1) is 5.82 Å². The number of hydrogen-bond acceptors (Lipinski definition) is 2. The maximum Gasteiger partial charge on any atom is 0.124 e. The summed E-state index contributed by atoms with van der Waals surface area (Å²) in [6.45, 7) is 1.70. The molecule has 0 radical (unpaired) electrons. The molecule has 1 aromatic rings. The van der Waals surface area contributed by atoms with Gasteiger partial charge in [-0.25, -0.2) is 4.39 Å². The first-order chi connectivity index (χ1) is 8.54. The van der Waals surface area contributed by atoms with Crippen LogP contribution in [0.1, 0.15) is 24.8 Å². The quantitative estimate of drug-likeness (QED) is 0.927. The van der Waals surface area contributed by atoms with Crippen molar-refractivity contribution in [3.8, 4) is 0 Å². The van der Waals surface area contributed by atoms with Gasteiger partial charge in [-0.05, 0) is 43.0 Å². The number of benzene rings is 1. The highest BCUT2D eigenvalue weighted by atomic mass is 79.9. The van der Waals surface area contributed by atoms with Crippen molar-refractivity contribution in [3.63, 3.8) is 0 Å². The highest BCUT2D eigenvalue weighted by Gasteiger charge is 2.41. The van der Waals surface area contributed by atoms with Crippen LogP contribution in [0.25, 0.3) is 0 Å². The molecule has 2 aliphatic rings. The standard InChI is InChI=1S/C14H17BrFNO/c15-11-5-10(6-12(16)7-11)8-14(18)3-4-17(9-14)13-1-2-13/h5-7,13,18H,1-4,8-9H2. The van der Waals surface area contributed by atoms with Gasteiger partial charge in [-0.1, -0.05) is 15.9 Å². The molecule has 1 atom stereocenters. The number of likely N-dealkylation sites (tertiary alicyclic amines) is 1. The maximum atomic E-state index is 13.3. The summed E-state index contributed by atoms with van der Waals surface area (Å²) in [5, 5.41) is 10.6. The van der Waals surface area contributed by atoms with Crippen LogP contribution in [0.4, 0.5) is 4.39 Å². The molecule has 2 fully saturated rings. The van der Waals surface area contributed by atoms with Crippen LogP contribution in [0.2, 0.25) is 0 Å². The fourth-order valence-electron chi connectivity index (χ4n) is 2.88. The Morgan fingerprint density at radius 2 is 2.17 bits per heavy atom.